The molecule has 1 aliphatic heterocycles. The van der Waals surface area contributed by atoms with Gasteiger partial charge >= 0.3 is 10.2 Å². The maximum atomic E-state index is 12.9. The molecule has 98 valence electrons. The summed E-state index contributed by atoms with van der Waals surface area (Å²) in [5, 5.41) is -1.15. The average Bonchev–Trinajstić information content (AvgIpc) is 2.61. The van der Waals surface area contributed by atoms with E-state index in [2.05, 4.69) is 6.92 Å². The van der Waals surface area contributed by atoms with E-state index < -0.39 is 15.5 Å². The highest BCUT2D eigenvalue weighted by atomic mass is 32.3. The molecule has 1 saturated carbocycles. The van der Waals surface area contributed by atoms with Crippen LogP contribution < -0.4 is 0 Å². The number of nitrogens with zero attached hydrogens (tertiary/aromatic N) is 1. The minimum Gasteiger partial charge on any atom is -0.338 e. The molecule has 1 heterocycles. The summed E-state index contributed by atoms with van der Waals surface area (Å²) in [5.74, 6) is 0.170. The number of carbonyl (C=O) groups is 1. The Balaban J connectivity index is 2.10. The van der Waals surface area contributed by atoms with Gasteiger partial charge in [0.05, 0.1) is 0 Å². The maximum absolute atomic E-state index is 12.9. The van der Waals surface area contributed by atoms with Gasteiger partial charge in [-0.1, -0.05) is 19.8 Å². The molecule has 17 heavy (non-hydrogen) atoms. The summed E-state index contributed by atoms with van der Waals surface area (Å²) < 4.78 is 34.6. The molecule has 0 aromatic carbocycles. The molecule has 0 bridgehead atoms. The molecule has 3 unspecified atom stereocenters. The third kappa shape index (κ3) is 2.61. The first kappa shape index (κ1) is 12.8. The van der Waals surface area contributed by atoms with E-state index in [-0.39, 0.29) is 24.9 Å². The van der Waals surface area contributed by atoms with E-state index in [4.69, 9.17) is 0 Å². The summed E-state index contributed by atoms with van der Waals surface area (Å²) in [4.78, 5) is 13.4. The first-order valence-electron chi connectivity index (χ1n) is 6.12. The van der Waals surface area contributed by atoms with E-state index in [1.54, 1.807) is 4.90 Å². The van der Waals surface area contributed by atoms with Crippen LogP contribution in [-0.2, 0) is 15.0 Å². The molecule has 1 aliphatic carbocycles. The first-order chi connectivity index (χ1) is 7.89. The Morgan fingerprint density at radius 1 is 1.29 bits per heavy atom. The monoisotopic (exact) mass is 263 g/mol. The Kier molecular flexibility index (Phi) is 3.43. The van der Waals surface area contributed by atoms with Crippen LogP contribution >= 0.6 is 0 Å². The fourth-order valence-electron chi connectivity index (χ4n) is 2.97. The van der Waals surface area contributed by atoms with Crippen LogP contribution in [0.3, 0.4) is 0 Å². The van der Waals surface area contributed by atoms with Crippen LogP contribution in [0.2, 0.25) is 0 Å². The molecule has 0 N–H and O–H groups in total. The number of halogens is 1. The largest absolute Gasteiger partial charge is 0.338 e. The number of hydrogen-bond acceptors (Lipinski definition) is 3. The topological polar surface area (TPSA) is 54.5 Å². The normalized spacial score (nSPS) is 35.3. The Hall–Kier alpha value is -0.650. The standard InChI is InChI=1S/C11H18FNO3S/c1-8-4-2-3-5-10(8)13-7-9(6-11(13)14)17(12,15)16/h8-10H,2-7H2,1H3. The molecule has 1 saturated heterocycles. The number of amides is 1. The van der Waals surface area contributed by atoms with E-state index in [0.717, 1.165) is 25.7 Å². The van der Waals surface area contributed by atoms with Crippen molar-refractivity contribution in [1.82, 2.24) is 4.90 Å². The van der Waals surface area contributed by atoms with Crippen molar-refractivity contribution in [1.29, 1.82) is 0 Å². The minimum absolute atomic E-state index is 0.0344. The van der Waals surface area contributed by atoms with Crippen molar-refractivity contribution < 1.29 is 17.1 Å². The number of rotatable bonds is 2. The van der Waals surface area contributed by atoms with E-state index in [1.165, 1.54) is 0 Å². The fraction of sp³-hybridized carbons (Fsp3) is 0.909. The van der Waals surface area contributed by atoms with Crippen molar-refractivity contribution in [2.24, 2.45) is 5.92 Å². The molecule has 0 aromatic heterocycles. The summed E-state index contributed by atoms with van der Waals surface area (Å²) in [5.41, 5.74) is 0. The van der Waals surface area contributed by atoms with Gasteiger partial charge in [0.15, 0.2) is 0 Å². The zero-order valence-electron chi connectivity index (χ0n) is 9.93. The lowest BCUT2D eigenvalue weighted by atomic mass is 9.85. The smallest absolute Gasteiger partial charge is 0.307 e. The predicted molar refractivity (Wildman–Crippen MR) is 61.6 cm³/mol. The Morgan fingerprint density at radius 2 is 1.94 bits per heavy atom. The van der Waals surface area contributed by atoms with Crippen LogP contribution in [-0.4, -0.2) is 37.1 Å². The lowest BCUT2D eigenvalue weighted by molar-refractivity contribution is -0.131. The molecule has 2 aliphatic rings. The minimum atomic E-state index is -4.59. The van der Waals surface area contributed by atoms with Crippen LogP contribution in [0.5, 0.6) is 0 Å². The van der Waals surface area contributed by atoms with Gasteiger partial charge in [-0.3, -0.25) is 4.79 Å². The van der Waals surface area contributed by atoms with Crippen molar-refractivity contribution in [3.63, 3.8) is 0 Å². The second-order valence-electron chi connectivity index (χ2n) is 5.18. The van der Waals surface area contributed by atoms with Crippen LogP contribution in [0.25, 0.3) is 0 Å². The molecule has 3 atom stereocenters. The van der Waals surface area contributed by atoms with Gasteiger partial charge < -0.3 is 4.90 Å². The Bertz CT molecular complexity index is 409. The van der Waals surface area contributed by atoms with Crippen molar-refractivity contribution in [2.45, 2.75) is 50.3 Å². The van der Waals surface area contributed by atoms with Crippen LogP contribution in [0.1, 0.15) is 39.0 Å². The van der Waals surface area contributed by atoms with Gasteiger partial charge in [-0.2, -0.15) is 8.42 Å². The molecule has 2 fully saturated rings. The molecule has 0 radical (unpaired) electrons. The molecular formula is C11H18FNO3S. The summed E-state index contributed by atoms with van der Waals surface area (Å²) in [6, 6.07) is 0.1000. The second-order valence-corrected chi connectivity index (χ2v) is 6.79. The first-order valence-corrected chi connectivity index (χ1v) is 7.57. The van der Waals surface area contributed by atoms with Crippen LogP contribution in [0, 0.1) is 5.92 Å². The quantitative estimate of drug-likeness (QED) is 0.709. The fourth-order valence-corrected chi connectivity index (χ4v) is 3.65. The predicted octanol–water partition coefficient (Wildman–Crippen LogP) is 1.47. The molecular weight excluding hydrogens is 245 g/mol. The summed E-state index contributed by atoms with van der Waals surface area (Å²) >= 11 is 0. The lowest BCUT2D eigenvalue weighted by Gasteiger charge is -2.36. The summed E-state index contributed by atoms with van der Waals surface area (Å²) in [7, 11) is -4.59. The van der Waals surface area contributed by atoms with E-state index in [1.807, 2.05) is 0 Å². The summed E-state index contributed by atoms with van der Waals surface area (Å²) in [6.07, 6.45) is 3.99. The number of hydrogen-bond donors (Lipinski definition) is 0. The molecule has 4 nitrogen and oxygen atoms in total. The Labute approximate surface area is 101 Å². The molecule has 6 heteroatoms. The van der Waals surface area contributed by atoms with Gasteiger partial charge in [-0.15, -0.1) is 3.89 Å². The highest BCUT2D eigenvalue weighted by Crippen LogP contribution is 2.32. The number of likely N-dealkylation sites (tertiary alicyclic amines) is 1. The zero-order valence-corrected chi connectivity index (χ0v) is 10.7. The molecule has 0 spiro atoms. The van der Waals surface area contributed by atoms with Crippen LogP contribution in [0.15, 0.2) is 0 Å². The average molecular weight is 263 g/mol. The highest BCUT2D eigenvalue weighted by Gasteiger charge is 2.42. The molecule has 0 aromatic rings. The van der Waals surface area contributed by atoms with Crippen molar-refractivity contribution >= 4 is 16.1 Å². The van der Waals surface area contributed by atoms with E-state index in [0.29, 0.717) is 5.92 Å². The highest BCUT2D eigenvalue weighted by molar-refractivity contribution is 7.87. The lowest BCUT2D eigenvalue weighted by Crippen LogP contribution is -2.43. The van der Waals surface area contributed by atoms with E-state index >= 15 is 0 Å². The van der Waals surface area contributed by atoms with Gasteiger partial charge in [-0.05, 0) is 18.8 Å². The van der Waals surface area contributed by atoms with Gasteiger partial charge in [0, 0.05) is 19.0 Å². The Morgan fingerprint density at radius 3 is 2.47 bits per heavy atom. The van der Waals surface area contributed by atoms with Gasteiger partial charge in [0.1, 0.15) is 5.25 Å². The van der Waals surface area contributed by atoms with Crippen LogP contribution in [0.4, 0.5) is 3.89 Å². The van der Waals surface area contributed by atoms with Crippen molar-refractivity contribution in [3.05, 3.63) is 0 Å². The number of carbonyl (C=O) groups excluding carboxylic acids is 1. The van der Waals surface area contributed by atoms with Gasteiger partial charge in [0.25, 0.3) is 0 Å². The van der Waals surface area contributed by atoms with Gasteiger partial charge in [-0.25, -0.2) is 0 Å². The SMILES string of the molecule is CC1CCCCC1N1CC(S(=O)(=O)F)CC1=O. The third-order valence-electron chi connectivity index (χ3n) is 3.99. The van der Waals surface area contributed by atoms with E-state index in [9.17, 15) is 17.1 Å². The van der Waals surface area contributed by atoms with Gasteiger partial charge in [0.2, 0.25) is 5.91 Å². The molecule has 2 rings (SSSR count). The molecule has 1 amide bonds. The van der Waals surface area contributed by atoms with Crippen molar-refractivity contribution in [3.8, 4) is 0 Å². The second kappa shape index (κ2) is 4.55. The summed E-state index contributed by atoms with van der Waals surface area (Å²) in [6.45, 7) is 2.11. The van der Waals surface area contributed by atoms with Crippen molar-refractivity contribution in [2.75, 3.05) is 6.54 Å². The maximum Gasteiger partial charge on any atom is 0.307 e. The zero-order chi connectivity index (χ0) is 12.6. The third-order valence-corrected chi connectivity index (χ3v) is 5.10.